The Morgan fingerprint density at radius 2 is 0.968 bits per heavy atom. The lowest BCUT2D eigenvalue weighted by Gasteiger charge is -2.12. The molecule has 3 atom stereocenters. The number of hydrogen-bond acceptors (Lipinski definition) is 6. The maximum absolute atomic E-state index is 5.88. The van der Waals surface area contributed by atoms with E-state index in [2.05, 4.69) is 0 Å². The summed E-state index contributed by atoms with van der Waals surface area (Å²) in [6.45, 7) is 12.1. The van der Waals surface area contributed by atoms with Crippen molar-refractivity contribution in [1.82, 2.24) is 0 Å². The Bertz CT molecular complexity index is 745. The van der Waals surface area contributed by atoms with E-state index in [1.54, 1.807) is 0 Å². The summed E-state index contributed by atoms with van der Waals surface area (Å²) in [5, 5.41) is 0. The van der Waals surface area contributed by atoms with Gasteiger partial charge in [-0.1, -0.05) is 39.8 Å². The molecule has 3 aliphatic rings. The Hall–Kier alpha value is -2.28. The zero-order valence-electron chi connectivity index (χ0n) is 19.0. The van der Waals surface area contributed by atoms with E-state index in [1.807, 2.05) is 70.2 Å². The predicted molar refractivity (Wildman–Crippen MR) is 120 cm³/mol. The molecule has 0 N–H and O–H groups in total. The standard InChI is InChI=1S/C21H22O6.2C2H6/c1-3-16(22-8-19-11-25-19)4-2-14(1)15-5-17(23-9-20-12-26-20)7-18(6-15)24-10-21-13-27-21;2*1-2/h1-7,19-21H,8-13H2;2*1-2H3. The van der Waals surface area contributed by atoms with Gasteiger partial charge in [0.25, 0.3) is 0 Å². The first-order valence-corrected chi connectivity index (χ1v) is 11.3. The molecule has 0 radical (unpaired) electrons. The van der Waals surface area contributed by atoms with Gasteiger partial charge in [0.2, 0.25) is 0 Å². The van der Waals surface area contributed by atoms with Crippen molar-refractivity contribution in [3.63, 3.8) is 0 Å². The van der Waals surface area contributed by atoms with Gasteiger partial charge in [0.1, 0.15) is 55.4 Å². The van der Waals surface area contributed by atoms with Crippen molar-refractivity contribution in [2.24, 2.45) is 0 Å². The van der Waals surface area contributed by atoms with Gasteiger partial charge < -0.3 is 28.4 Å². The van der Waals surface area contributed by atoms with Crippen LogP contribution >= 0.6 is 0 Å². The molecule has 0 aromatic heterocycles. The molecule has 0 bridgehead atoms. The molecule has 3 aliphatic heterocycles. The first-order valence-electron chi connectivity index (χ1n) is 11.3. The van der Waals surface area contributed by atoms with E-state index in [9.17, 15) is 0 Å². The molecule has 3 unspecified atom stereocenters. The Kier molecular flexibility index (Phi) is 9.00. The summed E-state index contributed by atoms with van der Waals surface area (Å²) in [5.74, 6) is 2.40. The molecule has 0 saturated carbocycles. The molecule has 0 aliphatic carbocycles. The van der Waals surface area contributed by atoms with Crippen LogP contribution < -0.4 is 14.2 Å². The van der Waals surface area contributed by atoms with Crippen LogP contribution in [0.25, 0.3) is 11.1 Å². The minimum absolute atomic E-state index is 0.213. The molecule has 6 nitrogen and oxygen atoms in total. The van der Waals surface area contributed by atoms with Crippen LogP contribution in [0.5, 0.6) is 17.2 Å². The molecule has 5 rings (SSSR count). The zero-order chi connectivity index (χ0) is 22.1. The van der Waals surface area contributed by atoms with Crippen molar-refractivity contribution in [3.05, 3.63) is 42.5 Å². The van der Waals surface area contributed by atoms with Crippen molar-refractivity contribution in [1.29, 1.82) is 0 Å². The largest absolute Gasteiger partial charge is 0.491 e. The van der Waals surface area contributed by atoms with Gasteiger partial charge in [-0.05, 0) is 35.4 Å². The van der Waals surface area contributed by atoms with Crippen LogP contribution in [0.4, 0.5) is 0 Å². The summed E-state index contributed by atoms with van der Waals surface area (Å²) in [4.78, 5) is 0. The quantitative estimate of drug-likeness (QED) is 0.507. The number of benzene rings is 2. The normalized spacial score (nSPS) is 22.1. The molecular formula is C25H34O6. The minimum Gasteiger partial charge on any atom is -0.491 e. The molecule has 3 saturated heterocycles. The maximum atomic E-state index is 5.88. The first-order chi connectivity index (χ1) is 15.3. The second-order valence-corrected chi connectivity index (χ2v) is 7.02. The lowest BCUT2D eigenvalue weighted by atomic mass is 10.0. The highest BCUT2D eigenvalue weighted by atomic mass is 16.6. The van der Waals surface area contributed by atoms with Crippen LogP contribution in [0, 0.1) is 0 Å². The Morgan fingerprint density at radius 3 is 1.35 bits per heavy atom. The van der Waals surface area contributed by atoms with Crippen molar-refractivity contribution in [2.45, 2.75) is 46.0 Å². The molecule has 3 heterocycles. The lowest BCUT2D eigenvalue weighted by Crippen LogP contribution is -2.06. The van der Waals surface area contributed by atoms with E-state index < -0.39 is 0 Å². The summed E-state index contributed by atoms with van der Waals surface area (Å²) >= 11 is 0. The van der Waals surface area contributed by atoms with Gasteiger partial charge in [-0.3, -0.25) is 0 Å². The van der Waals surface area contributed by atoms with Crippen LogP contribution in [-0.4, -0.2) is 58.0 Å². The lowest BCUT2D eigenvalue weighted by molar-refractivity contribution is 0.252. The number of hydrogen-bond donors (Lipinski definition) is 0. The Morgan fingerprint density at radius 1 is 0.581 bits per heavy atom. The minimum atomic E-state index is 0.213. The molecule has 3 fully saturated rings. The SMILES string of the molecule is CC.CC.c1cc(-c2cc(OCC3CO3)cc(OCC3CO3)c2)ccc1OCC1CO1. The topological polar surface area (TPSA) is 65.3 Å². The van der Waals surface area contributed by atoms with Gasteiger partial charge in [-0.15, -0.1) is 0 Å². The van der Waals surface area contributed by atoms with Crippen LogP contribution in [-0.2, 0) is 14.2 Å². The van der Waals surface area contributed by atoms with Gasteiger partial charge in [-0.2, -0.15) is 0 Å². The molecule has 6 heteroatoms. The number of ether oxygens (including phenoxy) is 6. The van der Waals surface area contributed by atoms with E-state index in [1.165, 1.54) is 0 Å². The van der Waals surface area contributed by atoms with Gasteiger partial charge in [-0.25, -0.2) is 0 Å². The third-order valence-corrected chi connectivity index (χ3v) is 4.58. The molecule has 2 aromatic carbocycles. The zero-order valence-corrected chi connectivity index (χ0v) is 19.0. The van der Waals surface area contributed by atoms with Crippen molar-refractivity contribution < 1.29 is 28.4 Å². The third kappa shape index (κ3) is 8.05. The molecule has 31 heavy (non-hydrogen) atoms. The van der Waals surface area contributed by atoms with E-state index in [-0.39, 0.29) is 18.3 Å². The van der Waals surface area contributed by atoms with Crippen molar-refractivity contribution in [3.8, 4) is 28.4 Å². The summed E-state index contributed by atoms with van der Waals surface area (Å²) in [6.07, 6.45) is 0.679. The van der Waals surface area contributed by atoms with Crippen LogP contribution in [0.2, 0.25) is 0 Å². The van der Waals surface area contributed by atoms with Crippen molar-refractivity contribution >= 4 is 0 Å². The molecule has 0 amide bonds. The average molecular weight is 431 g/mol. The van der Waals surface area contributed by atoms with E-state index >= 15 is 0 Å². The number of epoxide rings is 3. The average Bonchev–Trinajstić information content (AvgIpc) is 3.67. The highest BCUT2D eigenvalue weighted by Crippen LogP contribution is 2.32. The number of rotatable bonds is 10. The van der Waals surface area contributed by atoms with Gasteiger partial charge in [0, 0.05) is 6.07 Å². The molecular weight excluding hydrogens is 396 g/mol. The molecule has 170 valence electrons. The highest BCUT2D eigenvalue weighted by molar-refractivity contribution is 5.68. The fourth-order valence-corrected chi connectivity index (χ4v) is 2.71. The fraction of sp³-hybridized carbons (Fsp3) is 0.520. The van der Waals surface area contributed by atoms with E-state index in [0.29, 0.717) is 19.8 Å². The second kappa shape index (κ2) is 11.9. The summed E-state index contributed by atoms with van der Waals surface area (Å²) in [7, 11) is 0. The highest BCUT2D eigenvalue weighted by Gasteiger charge is 2.25. The predicted octanol–water partition coefficient (Wildman–Crippen LogP) is 4.74. The van der Waals surface area contributed by atoms with Gasteiger partial charge in [0.15, 0.2) is 0 Å². The smallest absolute Gasteiger partial charge is 0.123 e. The van der Waals surface area contributed by atoms with E-state index in [4.69, 9.17) is 28.4 Å². The fourth-order valence-electron chi connectivity index (χ4n) is 2.71. The summed E-state index contributed by atoms with van der Waals surface area (Å²) < 4.78 is 33.1. The Balaban J connectivity index is 0.000000645. The van der Waals surface area contributed by atoms with Crippen LogP contribution in [0.15, 0.2) is 42.5 Å². The van der Waals surface area contributed by atoms with Gasteiger partial charge >= 0.3 is 0 Å². The molecule has 2 aromatic rings. The van der Waals surface area contributed by atoms with Crippen LogP contribution in [0.1, 0.15) is 27.7 Å². The summed E-state index contributed by atoms with van der Waals surface area (Å²) in [5.41, 5.74) is 2.11. The monoisotopic (exact) mass is 430 g/mol. The molecule has 0 spiro atoms. The third-order valence-electron chi connectivity index (χ3n) is 4.58. The first kappa shape index (κ1) is 23.4. The van der Waals surface area contributed by atoms with Crippen molar-refractivity contribution in [2.75, 3.05) is 39.6 Å². The van der Waals surface area contributed by atoms with Gasteiger partial charge in [0.05, 0.1) is 19.8 Å². The van der Waals surface area contributed by atoms with E-state index in [0.717, 1.165) is 48.2 Å². The summed E-state index contributed by atoms with van der Waals surface area (Å²) in [6, 6.07) is 14.0. The second-order valence-electron chi connectivity index (χ2n) is 7.02. The maximum Gasteiger partial charge on any atom is 0.123 e. The van der Waals surface area contributed by atoms with Crippen LogP contribution in [0.3, 0.4) is 0 Å². The Labute approximate surface area is 185 Å².